The van der Waals surface area contributed by atoms with Crippen molar-refractivity contribution < 1.29 is 28.6 Å². The summed E-state index contributed by atoms with van der Waals surface area (Å²) in [5, 5.41) is 0. The molecular formula is C66H104O6. The summed E-state index contributed by atoms with van der Waals surface area (Å²) in [5.74, 6) is -0.988. The summed E-state index contributed by atoms with van der Waals surface area (Å²) in [6.07, 6.45) is 84.3. The van der Waals surface area contributed by atoms with Crippen LogP contribution in [0.3, 0.4) is 0 Å². The molecule has 6 nitrogen and oxygen atoms in total. The maximum Gasteiger partial charge on any atom is 0.306 e. The molecule has 0 heterocycles. The van der Waals surface area contributed by atoms with Crippen LogP contribution in [0, 0.1) is 0 Å². The molecule has 6 heteroatoms. The zero-order valence-corrected chi connectivity index (χ0v) is 46.1. The van der Waals surface area contributed by atoms with Gasteiger partial charge < -0.3 is 14.2 Å². The lowest BCUT2D eigenvalue weighted by atomic mass is 10.1. The first kappa shape index (κ1) is 67.3. The second-order valence-corrected chi connectivity index (χ2v) is 18.4. The van der Waals surface area contributed by atoms with E-state index < -0.39 is 6.10 Å². The highest BCUT2D eigenvalue weighted by molar-refractivity contribution is 5.71. The van der Waals surface area contributed by atoms with Crippen molar-refractivity contribution in [1.29, 1.82) is 0 Å². The molecule has 0 aliphatic carbocycles. The van der Waals surface area contributed by atoms with Gasteiger partial charge in [-0.25, -0.2) is 0 Å². The first-order chi connectivity index (χ1) is 35.5. The SMILES string of the molecule is CC/C=C\C/C=C\C/C=C\C/C=C\C/C=C\C/C=C\C/C=C\C/C=C\C/C=C\CCCC(=O)OCC(COC(=O)CCCCCCCCCC)OC(=O)CCCCCCCCC/C=C\C/C=C\C/C=C\CC. The Hall–Kier alpha value is -4.71. The maximum atomic E-state index is 12.8. The molecule has 0 rings (SSSR count). The number of hydrogen-bond acceptors (Lipinski definition) is 6. The number of esters is 3. The van der Waals surface area contributed by atoms with Crippen LogP contribution in [-0.4, -0.2) is 37.2 Å². The molecule has 0 saturated carbocycles. The fraction of sp³-hybridized carbons (Fsp3) is 0.591. The Labute approximate surface area is 442 Å². The molecule has 0 aromatic heterocycles. The number of allylic oxidation sites excluding steroid dienone is 24. The van der Waals surface area contributed by atoms with Gasteiger partial charge in [-0.3, -0.25) is 14.4 Å². The first-order valence-electron chi connectivity index (χ1n) is 28.8. The summed E-state index contributed by atoms with van der Waals surface area (Å²) in [5.41, 5.74) is 0. The number of hydrogen-bond donors (Lipinski definition) is 0. The summed E-state index contributed by atoms with van der Waals surface area (Å²) in [6, 6.07) is 0. The third kappa shape index (κ3) is 56.2. The van der Waals surface area contributed by atoms with Gasteiger partial charge in [0.15, 0.2) is 6.10 Å². The number of ether oxygens (including phenoxy) is 3. The topological polar surface area (TPSA) is 78.9 Å². The lowest BCUT2D eigenvalue weighted by Gasteiger charge is -2.18. The molecule has 0 aromatic carbocycles. The molecule has 0 aromatic rings. The van der Waals surface area contributed by atoms with E-state index in [2.05, 4.69) is 167 Å². The third-order valence-electron chi connectivity index (χ3n) is 11.6. The Morgan fingerprint density at radius 2 is 0.556 bits per heavy atom. The van der Waals surface area contributed by atoms with Crippen LogP contribution in [0.2, 0.25) is 0 Å². The average Bonchev–Trinajstić information content (AvgIpc) is 3.38. The maximum absolute atomic E-state index is 12.8. The minimum absolute atomic E-state index is 0.104. The molecule has 1 atom stereocenters. The number of unbranched alkanes of at least 4 members (excludes halogenated alkanes) is 15. The highest BCUT2D eigenvalue weighted by Crippen LogP contribution is 2.13. The van der Waals surface area contributed by atoms with E-state index in [0.29, 0.717) is 19.3 Å². The van der Waals surface area contributed by atoms with Gasteiger partial charge in [0, 0.05) is 19.3 Å². The Kier molecular flexibility index (Phi) is 55.0. The minimum Gasteiger partial charge on any atom is -0.462 e. The highest BCUT2D eigenvalue weighted by Gasteiger charge is 2.19. The van der Waals surface area contributed by atoms with Crippen molar-refractivity contribution in [2.24, 2.45) is 0 Å². The van der Waals surface area contributed by atoms with Gasteiger partial charge in [-0.1, -0.05) is 244 Å². The van der Waals surface area contributed by atoms with Gasteiger partial charge in [0.1, 0.15) is 13.2 Å². The Bertz CT molecular complexity index is 1610. The molecule has 0 fully saturated rings. The van der Waals surface area contributed by atoms with Crippen molar-refractivity contribution in [3.8, 4) is 0 Å². The van der Waals surface area contributed by atoms with E-state index in [1.54, 1.807) is 0 Å². The van der Waals surface area contributed by atoms with Crippen LogP contribution >= 0.6 is 0 Å². The van der Waals surface area contributed by atoms with E-state index in [4.69, 9.17) is 14.2 Å². The Morgan fingerprint density at radius 3 is 0.903 bits per heavy atom. The first-order valence-corrected chi connectivity index (χ1v) is 28.8. The zero-order valence-electron chi connectivity index (χ0n) is 46.1. The third-order valence-corrected chi connectivity index (χ3v) is 11.6. The van der Waals surface area contributed by atoms with E-state index in [9.17, 15) is 14.4 Å². The monoisotopic (exact) mass is 993 g/mol. The van der Waals surface area contributed by atoms with Crippen molar-refractivity contribution in [2.75, 3.05) is 13.2 Å². The number of carbonyl (C=O) groups is 3. The van der Waals surface area contributed by atoms with Gasteiger partial charge in [-0.05, 0) is 116 Å². The largest absolute Gasteiger partial charge is 0.462 e. The average molecular weight is 994 g/mol. The second kappa shape index (κ2) is 58.9. The van der Waals surface area contributed by atoms with Crippen molar-refractivity contribution in [2.45, 2.75) is 239 Å². The quantitative estimate of drug-likeness (QED) is 0.0261. The van der Waals surface area contributed by atoms with Crippen LogP contribution in [0.5, 0.6) is 0 Å². The zero-order chi connectivity index (χ0) is 52.2. The van der Waals surface area contributed by atoms with Crippen molar-refractivity contribution in [3.05, 3.63) is 146 Å². The van der Waals surface area contributed by atoms with E-state index >= 15 is 0 Å². The fourth-order valence-corrected chi connectivity index (χ4v) is 7.34. The van der Waals surface area contributed by atoms with Gasteiger partial charge in [0.2, 0.25) is 0 Å². The molecule has 0 saturated heterocycles. The summed E-state index contributed by atoms with van der Waals surface area (Å²) >= 11 is 0. The molecule has 0 amide bonds. The minimum atomic E-state index is -0.810. The summed E-state index contributed by atoms with van der Waals surface area (Å²) in [6.45, 7) is 6.31. The van der Waals surface area contributed by atoms with Gasteiger partial charge >= 0.3 is 17.9 Å². The van der Waals surface area contributed by atoms with Crippen molar-refractivity contribution >= 4 is 17.9 Å². The van der Waals surface area contributed by atoms with Crippen LogP contribution in [-0.2, 0) is 28.6 Å². The smallest absolute Gasteiger partial charge is 0.306 e. The highest BCUT2D eigenvalue weighted by atomic mass is 16.6. The Balaban J connectivity index is 4.37. The lowest BCUT2D eigenvalue weighted by Crippen LogP contribution is -2.30. The van der Waals surface area contributed by atoms with E-state index in [0.717, 1.165) is 135 Å². The van der Waals surface area contributed by atoms with Crippen LogP contribution in [0.4, 0.5) is 0 Å². The standard InChI is InChI=1S/C66H104O6/c1-4-7-10-13-16-19-21-23-25-27-28-29-30-31-32-33-34-35-36-37-38-40-41-43-45-47-50-53-56-59-65(68)71-62-63(61-70-64(67)58-55-52-49-18-15-12-9-6-3)72-66(69)60-57-54-51-48-46-44-42-39-26-24-22-20-17-14-11-8-5-2/h7-8,10-11,16-17,19-20,23-26,28-29,31-32,34-35,37-38,41,43,47,50,63H,4-6,9,12-15,18,21-22,27,30,33,36,39-40,42,44-46,48-49,51-62H2,1-3H3/b10-7-,11-8-,19-16-,20-17-,25-23-,26-24-,29-28-,32-31-,35-34-,38-37-,43-41-,50-47-. The van der Waals surface area contributed by atoms with E-state index in [-0.39, 0.29) is 37.5 Å². The van der Waals surface area contributed by atoms with Crippen LogP contribution in [0.15, 0.2) is 146 Å². The summed E-state index contributed by atoms with van der Waals surface area (Å²) in [7, 11) is 0. The molecule has 404 valence electrons. The second-order valence-electron chi connectivity index (χ2n) is 18.4. The fourth-order valence-electron chi connectivity index (χ4n) is 7.34. The predicted molar refractivity (Wildman–Crippen MR) is 311 cm³/mol. The molecule has 72 heavy (non-hydrogen) atoms. The normalized spacial score (nSPS) is 13.2. The predicted octanol–water partition coefficient (Wildman–Crippen LogP) is 19.6. The molecule has 0 aliphatic rings. The van der Waals surface area contributed by atoms with E-state index in [1.807, 2.05) is 0 Å². The number of rotatable bonds is 50. The molecular weight excluding hydrogens is 889 g/mol. The molecule has 0 spiro atoms. The molecule has 0 N–H and O–H groups in total. The molecule has 0 aliphatic heterocycles. The van der Waals surface area contributed by atoms with Crippen LogP contribution in [0.25, 0.3) is 0 Å². The molecule has 0 radical (unpaired) electrons. The number of carbonyl (C=O) groups excluding carboxylic acids is 3. The van der Waals surface area contributed by atoms with Gasteiger partial charge in [-0.2, -0.15) is 0 Å². The van der Waals surface area contributed by atoms with Gasteiger partial charge in [-0.15, -0.1) is 0 Å². The van der Waals surface area contributed by atoms with Crippen LogP contribution < -0.4 is 0 Å². The Morgan fingerprint density at radius 1 is 0.292 bits per heavy atom. The lowest BCUT2D eigenvalue weighted by molar-refractivity contribution is -0.167. The van der Waals surface area contributed by atoms with Gasteiger partial charge in [0.05, 0.1) is 0 Å². The summed E-state index contributed by atoms with van der Waals surface area (Å²) in [4.78, 5) is 38.0. The molecule has 0 bridgehead atoms. The van der Waals surface area contributed by atoms with Gasteiger partial charge in [0.25, 0.3) is 0 Å². The summed E-state index contributed by atoms with van der Waals surface area (Å²) < 4.78 is 16.7. The van der Waals surface area contributed by atoms with E-state index in [1.165, 1.54) is 51.4 Å². The van der Waals surface area contributed by atoms with Crippen molar-refractivity contribution in [3.63, 3.8) is 0 Å². The van der Waals surface area contributed by atoms with Crippen molar-refractivity contribution in [1.82, 2.24) is 0 Å². The molecule has 1 unspecified atom stereocenters. The van der Waals surface area contributed by atoms with Crippen LogP contribution in [0.1, 0.15) is 233 Å².